The van der Waals surface area contributed by atoms with Crippen molar-refractivity contribution < 1.29 is 4.42 Å². The lowest BCUT2D eigenvalue weighted by Gasteiger charge is -2.10. The highest BCUT2D eigenvalue weighted by Gasteiger charge is 2.14. The Morgan fingerprint density at radius 3 is 2.22 bits per heavy atom. The normalized spacial score (nSPS) is 11.1. The van der Waals surface area contributed by atoms with Gasteiger partial charge in [-0.1, -0.05) is 30.3 Å². The number of benzene rings is 2. The van der Waals surface area contributed by atoms with E-state index in [-0.39, 0.29) is 5.43 Å². The lowest BCUT2D eigenvalue weighted by molar-refractivity contribution is 0.604. The van der Waals surface area contributed by atoms with E-state index in [1.165, 1.54) is 11.1 Å². The summed E-state index contributed by atoms with van der Waals surface area (Å²) in [5.74, 6) is 0. The third-order valence-corrected chi connectivity index (χ3v) is 5.39. The predicted octanol–water partition coefficient (Wildman–Crippen LogP) is 4.59. The van der Waals surface area contributed by atoms with Gasteiger partial charge in [-0.25, -0.2) is 0 Å². The summed E-state index contributed by atoms with van der Waals surface area (Å²) in [6.07, 6.45) is 4.04. The maximum atomic E-state index is 13.1. The maximum Gasteiger partial charge on any atom is 0.200 e. The van der Waals surface area contributed by atoms with Gasteiger partial charge in [0, 0.05) is 0 Å². The summed E-state index contributed by atoms with van der Waals surface area (Å²) in [6.45, 7) is 0. The fraction of sp³-hybridized carbons (Fsp3) is 0.167. The molecule has 1 aromatic heterocycles. The van der Waals surface area contributed by atoms with E-state index in [1.807, 2.05) is 36.4 Å². The highest BCUT2D eigenvalue weighted by atomic mass is 31.0. The zero-order chi connectivity index (χ0) is 16.4. The fourth-order valence-corrected chi connectivity index (χ4v) is 3.89. The molecule has 3 atom stereocenters. The van der Waals surface area contributed by atoms with Crippen molar-refractivity contribution in [2.45, 2.75) is 18.5 Å². The van der Waals surface area contributed by atoms with Crippen molar-refractivity contribution in [2.75, 3.05) is 0 Å². The lowest BCUT2D eigenvalue weighted by Crippen LogP contribution is -2.08. The molecule has 5 heteroatoms. The first kappa shape index (κ1) is 16.8. The number of fused-ring (bicyclic) bond motifs is 1. The maximum absolute atomic E-state index is 13.1. The Kier molecular flexibility index (Phi) is 5.27. The molecule has 0 saturated carbocycles. The summed E-state index contributed by atoms with van der Waals surface area (Å²) < 4.78 is 5.76. The van der Waals surface area contributed by atoms with E-state index in [9.17, 15) is 4.79 Å². The molecule has 2 aromatic carbocycles. The Labute approximate surface area is 142 Å². The van der Waals surface area contributed by atoms with Crippen LogP contribution in [0.3, 0.4) is 0 Å². The van der Waals surface area contributed by atoms with Crippen LogP contribution < -0.4 is 5.43 Å². The van der Waals surface area contributed by atoms with Crippen LogP contribution in [0, 0.1) is 0 Å². The van der Waals surface area contributed by atoms with Crippen molar-refractivity contribution in [2.24, 2.45) is 0 Å². The molecule has 0 radical (unpaired) electrons. The second-order valence-corrected chi connectivity index (χ2v) is 6.59. The molecule has 1 heterocycles. The van der Waals surface area contributed by atoms with E-state index in [1.54, 1.807) is 6.26 Å². The molecule has 0 aliphatic heterocycles. The van der Waals surface area contributed by atoms with E-state index in [0.29, 0.717) is 16.5 Å². The van der Waals surface area contributed by atoms with Gasteiger partial charge in [0.05, 0.1) is 10.9 Å². The molecule has 0 fully saturated rings. The monoisotopic (exact) mass is 360 g/mol. The van der Waals surface area contributed by atoms with Gasteiger partial charge in [-0.05, 0) is 46.8 Å². The largest absolute Gasteiger partial charge is 0.463 e. The Morgan fingerprint density at radius 1 is 0.870 bits per heavy atom. The molecule has 0 saturated heterocycles. The molecule has 3 rings (SSSR count). The average Bonchev–Trinajstić information content (AvgIpc) is 2.61. The minimum absolute atomic E-state index is 0.0441. The summed E-state index contributed by atoms with van der Waals surface area (Å²) >= 11 is 0. The van der Waals surface area contributed by atoms with Gasteiger partial charge in [0.1, 0.15) is 11.8 Å². The second kappa shape index (κ2) is 7.23. The quantitative estimate of drug-likeness (QED) is 0.638. The average molecular weight is 360 g/mol. The van der Waals surface area contributed by atoms with Crippen LogP contribution >= 0.6 is 27.7 Å². The standard InChI is InChI=1S/C18H19O2P3/c19-18-14(12-3-1-11(8-21)2-4-12)7-20-16-6-5-13(9-22)15(10-23)17(16)18/h1-7H,8-10,21-23H2. The highest BCUT2D eigenvalue weighted by Crippen LogP contribution is 2.27. The molecule has 118 valence electrons. The van der Waals surface area contributed by atoms with Crippen LogP contribution in [0.15, 0.2) is 51.9 Å². The van der Waals surface area contributed by atoms with E-state index in [4.69, 9.17) is 4.42 Å². The molecular formula is C18H19O2P3. The third kappa shape index (κ3) is 3.14. The lowest BCUT2D eigenvalue weighted by atomic mass is 10.00. The van der Waals surface area contributed by atoms with Gasteiger partial charge < -0.3 is 4.42 Å². The zero-order valence-corrected chi connectivity index (χ0v) is 16.2. The molecule has 3 unspecified atom stereocenters. The molecule has 0 amide bonds. The first-order valence-corrected chi connectivity index (χ1v) is 9.90. The van der Waals surface area contributed by atoms with Crippen molar-refractivity contribution >= 4 is 38.7 Å². The van der Waals surface area contributed by atoms with Crippen molar-refractivity contribution in [1.29, 1.82) is 0 Å². The minimum atomic E-state index is 0.0441. The van der Waals surface area contributed by atoms with Crippen molar-refractivity contribution in [3.8, 4) is 11.1 Å². The topological polar surface area (TPSA) is 30.2 Å². The molecule has 23 heavy (non-hydrogen) atoms. The Morgan fingerprint density at radius 2 is 1.61 bits per heavy atom. The van der Waals surface area contributed by atoms with E-state index in [2.05, 4.69) is 27.7 Å². The van der Waals surface area contributed by atoms with Crippen LogP contribution in [-0.4, -0.2) is 0 Å². The van der Waals surface area contributed by atoms with Crippen LogP contribution in [0.2, 0.25) is 0 Å². The first-order chi connectivity index (χ1) is 11.2. The Hall–Kier alpha value is -1.06. The molecule has 0 aliphatic carbocycles. The van der Waals surface area contributed by atoms with Crippen LogP contribution in [0.25, 0.3) is 22.1 Å². The van der Waals surface area contributed by atoms with Crippen LogP contribution in [0.4, 0.5) is 0 Å². The van der Waals surface area contributed by atoms with Gasteiger partial charge in [0.25, 0.3) is 0 Å². The molecule has 0 aliphatic rings. The van der Waals surface area contributed by atoms with Crippen LogP contribution in [0.5, 0.6) is 0 Å². The Bertz CT molecular complexity index is 899. The van der Waals surface area contributed by atoms with E-state index < -0.39 is 0 Å². The number of hydrogen-bond donors (Lipinski definition) is 0. The number of rotatable bonds is 4. The van der Waals surface area contributed by atoms with Gasteiger partial charge >= 0.3 is 0 Å². The van der Waals surface area contributed by atoms with Crippen LogP contribution in [-0.2, 0) is 18.5 Å². The van der Waals surface area contributed by atoms with Crippen molar-refractivity contribution in [3.63, 3.8) is 0 Å². The summed E-state index contributed by atoms with van der Waals surface area (Å²) in [7, 11) is 8.15. The summed E-state index contributed by atoms with van der Waals surface area (Å²) in [5.41, 5.74) is 5.66. The summed E-state index contributed by atoms with van der Waals surface area (Å²) in [6, 6.07) is 12.0. The van der Waals surface area contributed by atoms with E-state index in [0.717, 1.165) is 29.6 Å². The summed E-state index contributed by atoms with van der Waals surface area (Å²) in [5, 5.41) is 0.701. The fourth-order valence-electron chi connectivity index (χ4n) is 2.77. The second-order valence-electron chi connectivity index (χ2n) is 5.36. The predicted molar refractivity (Wildman–Crippen MR) is 108 cm³/mol. The molecular weight excluding hydrogens is 341 g/mol. The molecule has 0 bridgehead atoms. The van der Waals surface area contributed by atoms with E-state index >= 15 is 0 Å². The summed E-state index contributed by atoms with van der Waals surface area (Å²) in [4.78, 5) is 13.1. The highest BCUT2D eigenvalue weighted by molar-refractivity contribution is 7.16. The molecule has 2 nitrogen and oxygen atoms in total. The van der Waals surface area contributed by atoms with Crippen molar-refractivity contribution in [3.05, 3.63) is 69.6 Å². The smallest absolute Gasteiger partial charge is 0.200 e. The van der Waals surface area contributed by atoms with Gasteiger partial charge in [-0.2, -0.15) is 0 Å². The van der Waals surface area contributed by atoms with Gasteiger partial charge in [-0.15, -0.1) is 27.7 Å². The molecule has 0 N–H and O–H groups in total. The minimum Gasteiger partial charge on any atom is -0.463 e. The van der Waals surface area contributed by atoms with Gasteiger partial charge in [-0.3, -0.25) is 4.79 Å². The van der Waals surface area contributed by atoms with Crippen LogP contribution in [0.1, 0.15) is 16.7 Å². The zero-order valence-electron chi connectivity index (χ0n) is 12.7. The Balaban J connectivity index is 2.26. The van der Waals surface area contributed by atoms with Gasteiger partial charge in [0.2, 0.25) is 5.43 Å². The molecule has 3 aromatic rings. The first-order valence-electron chi connectivity index (χ1n) is 7.45. The number of hydrogen-bond acceptors (Lipinski definition) is 2. The molecule has 0 spiro atoms. The SMILES string of the molecule is O=c1c(-c2ccc(CP)cc2)coc2ccc(CP)c(CP)c12. The van der Waals surface area contributed by atoms with Gasteiger partial charge in [0.15, 0.2) is 0 Å². The third-order valence-electron chi connectivity index (χ3n) is 4.07. The van der Waals surface area contributed by atoms with Crippen molar-refractivity contribution in [1.82, 2.24) is 0 Å².